The largest absolute Gasteiger partial charge is 0.467 e. The first-order chi connectivity index (χ1) is 9.77. The van der Waals surface area contributed by atoms with Crippen molar-refractivity contribution >= 4 is 5.91 Å². The topological polar surface area (TPSA) is 77.5 Å². The van der Waals surface area contributed by atoms with Crippen LogP contribution in [0.4, 0.5) is 0 Å². The molecule has 1 atom stereocenters. The second-order valence-electron chi connectivity index (χ2n) is 4.33. The van der Waals surface area contributed by atoms with Crippen LogP contribution >= 0.6 is 0 Å². The number of nitrogens with one attached hydrogen (secondary N) is 1. The van der Waals surface area contributed by atoms with E-state index >= 15 is 0 Å². The van der Waals surface area contributed by atoms with Gasteiger partial charge < -0.3 is 20.2 Å². The summed E-state index contributed by atoms with van der Waals surface area (Å²) < 4.78 is 10.6. The van der Waals surface area contributed by atoms with Crippen LogP contribution in [0.25, 0.3) is 0 Å². The molecule has 0 radical (unpaired) electrons. The normalized spacial score (nSPS) is 12.2. The van der Waals surface area contributed by atoms with Gasteiger partial charge in [0.2, 0.25) is 5.91 Å². The maximum atomic E-state index is 10.6. The highest BCUT2D eigenvalue weighted by atomic mass is 16.5. The van der Waals surface area contributed by atoms with Gasteiger partial charge in [0.25, 0.3) is 0 Å². The van der Waals surface area contributed by atoms with Crippen LogP contribution in [-0.2, 0) is 9.53 Å². The van der Waals surface area contributed by atoms with Crippen LogP contribution in [0.5, 0.6) is 0 Å². The maximum absolute atomic E-state index is 10.6. The predicted molar refractivity (Wildman–Crippen MR) is 75.0 cm³/mol. The molecular formula is C15H18N2O3. The Morgan fingerprint density at radius 2 is 2.05 bits per heavy atom. The summed E-state index contributed by atoms with van der Waals surface area (Å²) in [6, 6.07) is 13.7. The first kappa shape index (κ1) is 14.3. The number of hydrogen-bond donors (Lipinski definition) is 2. The van der Waals surface area contributed by atoms with Crippen LogP contribution in [-0.4, -0.2) is 25.7 Å². The van der Waals surface area contributed by atoms with E-state index in [0.29, 0.717) is 13.2 Å². The SMILES string of the molecule is NC(=O)COCCNC(c1ccccc1)c1ccco1. The fraction of sp³-hybridized carbons (Fsp3) is 0.267. The summed E-state index contributed by atoms with van der Waals surface area (Å²) in [5.74, 6) is 0.377. The minimum Gasteiger partial charge on any atom is -0.467 e. The summed E-state index contributed by atoms with van der Waals surface area (Å²) in [6.07, 6.45) is 1.65. The van der Waals surface area contributed by atoms with Gasteiger partial charge in [-0.3, -0.25) is 4.79 Å². The standard InChI is InChI=1S/C15H18N2O3/c16-14(18)11-19-10-8-17-15(13-7-4-9-20-13)12-5-2-1-3-6-12/h1-7,9,15,17H,8,10-11H2,(H2,16,18). The van der Waals surface area contributed by atoms with Crippen LogP contribution in [0, 0.1) is 0 Å². The molecule has 0 saturated carbocycles. The van der Waals surface area contributed by atoms with E-state index in [0.717, 1.165) is 11.3 Å². The van der Waals surface area contributed by atoms with Gasteiger partial charge in [0.1, 0.15) is 12.4 Å². The molecule has 0 saturated heterocycles. The molecule has 5 nitrogen and oxygen atoms in total. The first-order valence-corrected chi connectivity index (χ1v) is 6.45. The summed E-state index contributed by atoms with van der Waals surface area (Å²) in [5, 5.41) is 3.34. The zero-order chi connectivity index (χ0) is 14.2. The average molecular weight is 274 g/mol. The number of amides is 1. The molecule has 0 aliphatic rings. The van der Waals surface area contributed by atoms with E-state index in [9.17, 15) is 4.79 Å². The Morgan fingerprint density at radius 1 is 1.25 bits per heavy atom. The van der Waals surface area contributed by atoms with Crippen LogP contribution in [0.1, 0.15) is 17.4 Å². The quantitative estimate of drug-likeness (QED) is 0.714. The van der Waals surface area contributed by atoms with Crippen molar-refractivity contribution in [2.45, 2.75) is 6.04 Å². The summed E-state index contributed by atoms with van der Waals surface area (Å²) in [4.78, 5) is 10.6. The van der Waals surface area contributed by atoms with Crippen LogP contribution in [0.2, 0.25) is 0 Å². The van der Waals surface area contributed by atoms with Crippen molar-refractivity contribution in [2.24, 2.45) is 5.73 Å². The van der Waals surface area contributed by atoms with E-state index in [1.54, 1.807) is 6.26 Å². The summed E-state index contributed by atoms with van der Waals surface area (Å²) in [5.41, 5.74) is 6.11. The molecule has 20 heavy (non-hydrogen) atoms. The van der Waals surface area contributed by atoms with Gasteiger partial charge in [0.15, 0.2) is 0 Å². The van der Waals surface area contributed by atoms with Crippen LogP contribution in [0.15, 0.2) is 53.1 Å². The van der Waals surface area contributed by atoms with Crippen LogP contribution in [0.3, 0.4) is 0 Å². The van der Waals surface area contributed by atoms with E-state index in [2.05, 4.69) is 5.32 Å². The minimum absolute atomic E-state index is 0.0385. The van der Waals surface area contributed by atoms with Gasteiger partial charge in [-0.15, -0.1) is 0 Å². The summed E-state index contributed by atoms with van der Waals surface area (Å²) >= 11 is 0. The molecule has 5 heteroatoms. The van der Waals surface area contributed by atoms with Gasteiger partial charge in [-0.25, -0.2) is 0 Å². The number of carbonyl (C=O) groups is 1. The van der Waals surface area contributed by atoms with E-state index in [1.165, 1.54) is 0 Å². The smallest absolute Gasteiger partial charge is 0.243 e. The molecule has 106 valence electrons. The first-order valence-electron chi connectivity index (χ1n) is 6.45. The van der Waals surface area contributed by atoms with Crippen molar-refractivity contribution < 1.29 is 13.9 Å². The lowest BCUT2D eigenvalue weighted by Gasteiger charge is -2.17. The molecule has 0 bridgehead atoms. The third-order valence-electron chi connectivity index (χ3n) is 2.80. The van der Waals surface area contributed by atoms with Gasteiger partial charge in [0, 0.05) is 6.54 Å². The molecule has 1 heterocycles. The second kappa shape index (κ2) is 7.47. The molecule has 0 spiro atoms. The minimum atomic E-state index is -0.462. The van der Waals surface area contributed by atoms with Gasteiger partial charge in [-0.2, -0.15) is 0 Å². The molecule has 1 aromatic heterocycles. The third-order valence-corrected chi connectivity index (χ3v) is 2.80. The van der Waals surface area contributed by atoms with Crippen molar-refractivity contribution in [1.29, 1.82) is 0 Å². The molecule has 0 aliphatic heterocycles. The fourth-order valence-electron chi connectivity index (χ4n) is 1.93. The molecule has 0 fully saturated rings. The number of furan rings is 1. The van der Waals surface area contributed by atoms with Gasteiger partial charge in [-0.1, -0.05) is 30.3 Å². The molecule has 1 unspecified atom stereocenters. The highest BCUT2D eigenvalue weighted by Crippen LogP contribution is 2.21. The Kier molecular flexibility index (Phi) is 5.34. The van der Waals surface area contributed by atoms with E-state index in [1.807, 2.05) is 42.5 Å². The van der Waals surface area contributed by atoms with Gasteiger partial charge in [-0.05, 0) is 17.7 Å². The Hall–Kier alpha value is -2.11. The van der Waals surface area contributed by atoms with Gasteiger partial charge >= 0.3 is 0 Å². The Morgan fingerprint density at radius 3 is 2.70 bits per heavy atom. The lowest BCUT2D eigenvalue weighted by atomic mass is 10.0. The lowest BCUT2D eigenvalue weighted by Crippen LogP contribution is -2.27. The fourth-order valence-corrected chi connectivity index (χ4v) is 1.93. The predicted octanol–water partition coefficient (Wildman–Crippen LogP) is 1.46. The number of primary amides is 1. The Balaban J connectivity index is 1.93. The molecule has 1 amide bonds. The van der Waals surface area contributed by atoms with Gasteiger partial charge in [0.05, 0.1) is 18.9 Å². The molecule has 2 aromatic rings. The number of carbonyl (C=O) groups excluding carboxylic acids is 1. The highest BCUT2D eigenvalue weighted by Gasteiger charge is 2.15. The molecule has 1 aromatic carbocycles. The zero-order valence-corrected chi connectivity index (χ0v) is 11.1. The Labute approximate surface area is 117 Å². The number of benzene rings is 1. The monoisotopic (exact) mass is 274 g/mol. The van der Waals surface area contributed by atoms with Crippen molar-refractivity contribution in [1.82, 2.24) is 5.32 Å². The van der Waals surface area contributed by atoms with Crippen molar-refractivity contribution in [2.75, 3.05) is 19.8 Å². The molecular weight excluding hydrogens is 256 g/mol. The van der Waals surface area contributed by atoms with Crippen molar-refractivity contribution in [3.8, 4) is 0 Å². The van der Waals surface area contributed by atoms with Crippen molar-refractivity contribution in [3.63, 3.8) is 0 Å². The molecule has 3 N–H and O–H groups in total. The average Bonchev–Trinajstić information content (AvgIpc) is 2.97. The number of ether oxygens (including phenoxy) is 1. The molecule has 0 aliphatic carbocycles. The van der Waals surface area contributed by atoms with Crippen molar-refractivity contribution in [3.05, 3.63) is 60.1 Å². The second-order valence-corrected chi connectivity index (χ2v) is 4.33. The molecule has 2 rings (SSSR count). The van der Waals surface area contributed by atoms with E-state index < -0.39 is 5.91 Å². The lowest BCUT2D eigenvalue weighted by molar-refractivity contribution is -0.122. The number of nitrogens with two attached hydrogens (primary N) is 1. The maximum Gasteiger partial charge on any atom is 0.243 e. The number of rotatable bonds is 8. The summed E-state index contributed by atoms with van der Waals surface area (Å²) in [6.45, 7) is 0.943. The third kappa shape index (κ3) is 4.22. The van der Waals surface area contributed by atoms with Crippen LogP contribution < -0.4 is 11.1 Å². The number of hydrogen-bond acceptors (Lipinski definition) is 4. The van der Waals surface area contributed by atoms with E-state index in [4.69, 9.17) is 14.9 Å². The van der Waals surface area contributed by atoms with E-state index in [-0.39, 0.29) is 12.6 Å². The summed E-state index contributed by atoms with van der Waals surface area (Å²) in [7, 11) is 0. The Bertz CT molecular complexity index is 511. The zero-order valence-electron chi connectivity index (χ0n) is 11.1. The highest BCUT2D eigenvalue weighted by molar-refractivity contribution is 5.74.